The van der Waals surface area contributed by atoms with E-state index in [4.69, 9.17) is 15.2 Å². The summed E-state index contributed by atoms with van der Waals surface area (Å²) in [4.78, 5) is 5.38. The summed E-state index contributed by atoms with van der Waals surface area (Å²) >= 11 is 1.54. The molecule has 31 heavy (non-hydrogen) atoms. The average Bonchev–Trinajstić information content (AvgIpc) is 3.21. The first-order valence-corrected chi connectivity index (χ1v) is 11.7. The molecule has 0 bridgehead atoms. The molecule has 0 spiro atoms. The van der Waals surface area contributed by atoms with Gasteiger partial charge >= 0.3 is 0 Å². The van der Waals surface area contributed by atoms with Crippen LogP contribution in [0.4, 0.5) is 0 Å². The van der Waals surface area contributed by atoms with Crippen molar-refractivity contribution in [3.63, 3.8) is 0 Å². The highest BCUT2D eigenvalue weighted by Crippen LogP contribution is 2.37. The van der Waals surface area contributed by atoms with E-state index in [1.54, 1.807) is 7.11 Å². The number of rotatable bonds is 7. The summed E-state index contributed by atoms with van der Waals surface area (Å²) in [6.45, 7) is 1.11. The molecule has 1 aromatic carbocycles. The molecule has 2 N–H and O–H groups in total. The van der Waals surface area contributed by atoms with Crippen LogP contribution in [0.25, 0.3) is 16.9 Å². The third-order valence-corrected chi connectivity index (χ3v) is 6.77. The van der Waals surface area contributed by atoms with Gasteiger partial charge in [-0.3, -0.25) is 4.40 Å². The van der Waals surface area contributed by atoms with E-state index in [0.29, 0.717) is 23.8 Å². The topological polar surface area (TPSA) is 85.6 Å². The number of nitrogens with two attached hydrogens (primary N) is 1. The second kappa shape index (κ2) is 9.31. The van der Waals surface area contributed by atoms with Gasteiger partial charge in [-0.05, 0) is 55.7 Å². The molecule has 2 atom stereocenters. The van der Waals surface area contributed by atoms with E-state index in [2.05, 4.69) is 11.1 Å². The van der Waals surface area contributed by atoms with E-state index in [1.807, 2.05) is 53.4 Å². The smallest absolute Gasteiger partial charge is 0.138 e. The van der Waals surface area contributed by atoms with Crippen LogP contribution in [-0.4, -0.2) is 41.5 Å². The maximum atomic E-state index is 9.83. The van der Waals surface area contributed by atoms with Gasteiger partial charge in [0.15, 0.2) is 0 Å². The summed E-state index contributed by atoms with van der Waals surface area (Å²) < 4.78 is 13.6. The van der Waals surface area contributed by atoms with E-state index in [1.165, 1.54) is 11.8 Å². The predicted octanol–water partition coefficient (Wildman–Crippen LogP) is 4.51. The highest BCUT2D eigenvalue weighted by molar-refractivity contribution is 7.98. The summed E-state index contributed by atoms with van der Waals surface area (Å²) in [7, 11) is 1.73. The van der Waals surface area contributed by atoms with Crippen molar-refractivity contribution in [2.24, 2.45) is 11.7 Å². The average molecular weight is 437 g/mol. The van der Waals surface area contributed by atoms with Gasteiger partial charge in [0.05, 0.1) is 17.4 Å². The highest BCUT2D eigenvalue weighted by atomic mass is 32.2. The number of ether oxygens (including phenoxy) is 2. The first-order chi connectivity index (χ1) is 15.1. The van der Waals surface area contributed by atoms with Crippen LogP contribution in [0, 0.1) is 17.2 Å². The van der Waals surface area contributed by atoms with Crippen molar-refractivity contribution in [2.75, 3.05) is 26.6 Å². The van der Waals surface area contributed by atoms with E-state index in [0.717, 1.165) is 54.1 Å². The lowest BCUT2D eigenvalue weighted by atomic mass is 9.77. The van der Waals surface area contributed by atoms with E-state index in [-0.39, 0.29) is 0 Å². The molecule has 4 rings (SSSR count). The van der Waals surface area contributed by atoms with Crippen molar-refractivity contribution in [1.29, 1.82) is 5.26 Å². The molecule has 0 amide bonds. The van der Waals surface area contributed by atoms with Crippen LogP contribution in [0.15, 0.2) is 47.6 Å². The Kier molecular flexibility index (Phi) is 6.51. The lowest BCUT2D eigenvalue weighted by molar-refractivity contribution is 0.0833. The fraction of sp³-hybridized carbons (Fsp3) is 0.417. The monoisotopic (exact) mass is 436 g/mol. The van der Waals surface area contributed by atoms with E-state index < -0.39 is 5.54 Å². The Bertz CT molecular complexity index is 1100. The number of methoxy groups -OCH3 is 1. The lowest BCUT2D eigenvalue weighted by Gasteiger charge is -2.37. The summed E-state index contributed by atoms with van der Waals surface area (Å²) in [5.74, 6) is 1.03. The number of thioether (sulfide) groups is 1. The van der Waals surface area contributed by atoms with E-state index >= 15 is 0 Å². The molecule has 1 fully saturated rings. The molecule has 1 saturated carbocycles. The van der Waals surface area contributed by atoms with Crippen molar-refractivity contribution in [3.05, 3.63) is 48.3 Å². The molecular formula is C24H28N4O2S. The summed E-state index contributed by atoms with van der Waals surface area (Å²) in [6.07, 6.45) is 9.79. The molecule has 0 aliphatic heterocycles. The molecule has 2 aromatic heterocycles. The fourth-order valence-electron chi connectivity index (χ4n) is 4.52. The molecule has 1 aliphatic carbocycles. The SMILES string of the molecule is COCC1CCCC(N)(COc2cc(-c3cnc4ccccn34)cc(SC)c2C#N)C1. The van der Waals surface area contributed by atoms with Crippen molar-refractivity contribution >= 4 is 17.4 Å². The Labute approximate surface area is 187 Å². The molecule has 2 heterocycles. The van der Waals surface area contributed by atoms with Crippen molar-refractivity contribution in [2.45, 2.75) is 36.1 Å². The van der Waals surface area contributed by atoms with Crippen LogP contribution in [0.1, 0.15) is 31.2 Å². The van der Waals surface area contributed by atoms with Gasteiger partial charge in [-0.1, -0.05) is 12.5 Å². The Morgan fingerprint density at radius 3 is 3.03 bits per heavy atom. The minimum atomic E-state index is -0.410. The third-order valence-electron chi connectivity index (χ3n) is 6.01. The molecule has 1 aliphatic rings. The molecule has 3 aromatic rings. The molecule has 6 nitrogen and oxygen atoms in total. The van der Waals surface area contributed by atoms with Gasteiger partial charge in [0, 0.05) is 30.4 Å². The van der Waals surface area contributed by atoms with Gasteiger partial charge < -0.3 is 15.2 Å². The Morgan fingerprint density at radius 2 is 2.26 bits per heavy atom. The van der Waals surface area contributed by atoms with Gasteiger partial charge in [0.1, 0.15) is 29.6 Å². The summed E-state index contributed by atoms with van der Waals surface area (Å²) in [5, 5.41) is 9.83. The zero-order valence-corrected chi connectivity index (χ0v) is 18.8. The summed E-state index contributed by atoms with van der Waals surface area (Å²) in [5.41, 5.74) is 9.66. The van der Waals surface area contributed by atoms with Gasteiger partial charge in [-0.15, -0.1) is 11.8 Å². The Hall–Kier alpha value is -2.53. The number of aromatic nitrogens is 2. The van der Waals surface area contributed by atoms with E-state index in [9.17, 15) is 5.26 Å². The molecule has 2 unspecified atom stereocenters. The van der Waals surface area contributed by atoms with Crippen LogP contribution in [0.5, 0.6) is 5.75 Å². The molecule has 7 heteroatoms. The van der Waals surface area contributed by atoms with Crippen LogP contribution in [0.2, 0.25) is 0 Å². The Morgan fingerprint density at radius 1 is 1.39 bits per heavy atom. The number of pyridine rings is 1. The lowest BCUT2D eigenvalue weighted by Crippen LogP contribution is -2.49. The molecule has 0 radical (unpaired) electrons. The third kappa shape index (κ3) is 4.57. The number of hydrogen-bond donors (Lipinski definition) is 1. The molecule has 0 saturated heterocycles. The minimum Gasteiger partial charge on any atom is -0.490 e. The number of hydrogen-bond acceptors (Lipinski definition) is 6. The standard InChI is InChI=1S/C24H28N4O2S/c1-29-15-17-6-5-8-24(26,12-17)16-30-21-10-18(11-22(31-2)19(21)13-25)20-14-27-23-7-3-4-9-28(20)23/h3-4,7,9-11,14,17H,5-6,8,12,15-16,26H2,1-2H3. The van der Waals surface area contributed by atoms with Crippen molar-refractivity contribution < 1.29 is 9.47 Å². The first kappa shape index (κ1) is 21.7. The first-order valence-electron chi connectivity index (χ1n) is 10.5. The minimum absolute atomic E-state index is 0.381. The van der Waals surface area contributed by atoms with Gasteiger partial charge in [-0.2, -0.15) is 5.26 Å². The zero-order chi connectivity index (χ0) is 21.8. The quantitative estimate of drug-likeness (QED) is 0.549. The van der Waals surface area contributed by atoms with Crippen LogP contribution in [0.3, 0.4) is 0 Å². The predicted molar refractivity (Wildman–Crippen MR) is 123 cm³/mol. The number of fused-ring (bicyclic) bond motifs is 1. The number of nitriles is 1. The molecule has 162 valence electrons. The normalized spacial score (nSPS) is 21.2. The van der Waals surface area contributed by atoms with Crippen molar-refractivity contribution in [1.82, 2.24) is 9.38 Å². The summed E-state index contributed by atoms with van der Waals surface area (Å²) in [6, 6.07) is 12.2. The fourth-order valence-corrected chi connectivity index (χ4v) is 5.12. The van der Waals surface area contributed by atoms with Crippen molar-refractivity contribution in [3.8, 4) is 23.1 Å². The second-order valence-electron chi connectivity index (χ2n) is 8.30. The van der Waals surface area contributed by atoms with Gasteiger partial charge in [0.25, 0.3) is 0 Å². The maximum Gasteiger partial charge on any atom is 0.138 e. The van der Waals surface area contributed by atoms with Gasteiger partial charge in [0.2, 0.25) is 0 Å². The second-order valence-corrected chi connectivity index (χ2v) is 9.15. The largest absolute Gasteiger partial charge is 0.490 e. The Balaban J connectivity index is 1.65. The van der Waals surface area contributed by atoms with Gasteiger partial charge in [-0.25, -0.2) is 4.98 Å². The zero-order valence-electron chi connectivity index (χ0n) is 18.0. The molecular weight excluding hydrogens is 408 g/mol. The maximum absolute atomic E-state index is 9.83. The van der Waals surface area contributed by atoms with Crippen LogP contribution < -0.4 is 10.5 Å². The van der Waals surface area contributed by atoms with Crippen LogP contribution >= 0.6 is 11.8 Å². The number of imidazole rings is 1. The number of benzene rings is 1. The highest BCUT2D eigenvalue weighted by Gasteiger charge is 2.34. The number of nitrogens with zero attached hydrogens (tertiary/aromatic N) is 3. The van der Waals surface area contributed by atoms with Crippen LogP contribution in [-0.2, 0) is 4.74 Å².